The molecule has 0 fully saturated rings. The Morgan fingerprint density at radius 2 is 1.40 bits per heavy atom. The Labute approximate surface area is 254 Å². The maximum absolute atomic E-state index is 12.6. The number of rotatable bonds is 16. The molecule has 0 saturated carbocycles. The average molecular weight is 592 g/mol. The van der Waals surface area contributed by atoms with Gasteiger partial charge in [-0.05, 0) is 67.0 Å². The lowest BCUT2D eigenvalue weighted by Gasteiger charge is -2.33. The number of hydrogen-bond donors (Lipinski definition) is 0. The predicted octanol–water partition coefficient (Wildman–Crippen LogP) is 8.77. The van der Waals surface area contributed by atoms with Crippen LogP contribution in [0.25, 0.3) is 11.1 Å². The van der Waals surface area contributed by atoms with E-state index in [4.69, 9.17) is 9.68 Å². The molecule has 9 nitrogen and oxygen atoms in total. The zero-order valence-electron chi connectivity index (χ0n) is 26.5. The minimum absolute atomic E-state index is 0.00196. The van der Waals surface area contributed by atoms with Crippen LogP contribution in [0.1, 0.15) is 134 Å². The first-order chi connectivity index (χ1) is 20.6. The van der Waals surface area contributed by atoms with Gasteiger partial charge in [-0.2, -0.15) is 0 Å². The van der Waals surface area contributed by atoms with Crippen LogP contribution in [-0.4, -0.2) is 28.3 Å². The Kier molecular flexibility index (Phi) is 12.2. The number of unbranched alkanes of at least 4 members (excludes halogenated alkanes) is 5. The number of benzene rings is 2. The lowest BCUT2D eigenvalue weighted by molar-refractivity contribution is -0.384. The smallest absolute Gasteiger partial charge is 0.318 e. The van der Waals surface area contributed by atoms with E-state index in [1.165, 1.54) is 19.9 Å². The molecule has 3 rings (SSSR count). The zero-order chi connectivity index (χ0) is 31.6. The minimum atomic E-state index is -0.559. The van der Waals surface area contributed by atoms with Crippen molar-refractivity contribution in [2.45, 2.75) is 118 Å². The summed E-state index contributed by atoms with van der Waals surface area (Å²) in [7, 11) is 0. The highest BCUT2D eigenvalue weighted by Crippen LogP contribution is 2.57. The van der Waals surface area contributed by atoms with Crippen molar-refractivity contribution in [1.29, 1.82) is 0 Å². The number of nitrogens with zero attached hydrogens (tertiary/aromatic N) is 3. The van der Waals surface area contributed by atoms with E-state index in [-0.39, 0.29) is 10.6 Å². The van der Waals surface area contributed by atoms with Gasteiger partial charge in [-0.1, -0.05) is 88.2 Å². The summed E-state index contributed by atoms with van der Waals surface area (Å²) < 4.78 is 0. The molecule has 0 heterocycles. The minimum Gasteiger partial charge on any atom is -0.318 e. The Morgan fingerprint density at radius 1 is 0.791 bits per heavy atom. The van der Waals surface area contributed by atoms with Crippen molar-refractivity contribution in [3.05, 3.63) is 62.7 Å². The highest BCUT2D eigenvalue weighted by molar-refractivity contribution is 6.04. The largest absolute Gasteiger partial charge is 0.331 e. The van der Waals surface area contributed by atoms with Crippen molar-refractivity contribution in [2.24, 2.45) is 10.3 Å². The number of fused-ring (bicyclic) bond motifs is 3. The summed E-state index contributed by atoms with van der Waals surface area (Å²) in [6, 6.07) is 9.53. The molecule has 0 amide bonds. The molecule has 232 valence electrons. The van der Waals surface area contributed by atoms with Gasteiger partial charge >= 0.3 is 11.9 Å². The SMILES string of the molecule is CCCCCC/C(=N\OC(C)=O)c1ccc2c(c1)C(CCCC)(CCCC)c1cc(/C(C)=N/OC(C)=O)cc([N+](=O)[O-])c1-2. The van der Waals surface area contributed by atoms with Crippen molar-refractivity contribution in [1.82, 2.24) is 0 Å². The standard InChI is InChI=1S/C34H45N3O6/c1-7-10-13-14-15-31(36-43-25(6)39)26-16-17-28-29(20-26)34(18-11-8-2,19-12-9-3)30-21-27(23(4)35-42-24(5)38)22-32(33(28)30)37(40)41/h16-17,20-22H,7-15,18-19H2,1-6H3/b35-23+,36-31+. The number of nitro groups is 1. The molecule has 9 heteroatoms. The highest BCUT2D eigenvalue weighted by Gasteiger charge is 2.46. The first-order valence-electron chi connectivity index (χ1n) is 15.5. The molecule has 0 radical (unpaired) electrons. The second-order valence-electron chi connectivity index (χ2n) is 11.4. The molecule has 2 aromatic carbocycles. The fraction of sp³-hybridized carbons (Fsp3) is 0.529. The molecule has 0 atom stereocenters. The van der Waals surface area contributed by atoms with Gasteiger partial charge < -0.3 is 9.68 Å². The Morgan fingerprint density at radius 3 is 1.98 bits per heavy atom. The van der Waals surface area contributed by atoms with Crippen molar-refractivity contribution in [3.63, 3.8) is 0 Å². The third kappa shape index (κ3) is 7.94. The van der Waals surface area contributed by atoms with E-state index in [1.54, 1.807) is 6.92 Å². The van der Waals surface area contributed by atoms with Crippen molar-refractivity contribution < 1.29 is 24.2 Å². The van der Waals surface area contributed by atoms with E-state index in [0.717, 1.165) is 86.5 Å². The summed E-state index contributed by atoms with van der Waals surface area (Å²) in [5, 5.41) is 20.8. The summed E-state index contributed by atoms with van der Waals surface area (Å²) >= 11 is 0. The third-order valence-corrected chi connectivity index (χ3v) is 8.16. The van der Waals surface area contributed by atoms with Gasteiger partial charge in [0.15, 0.2) is 0 Å². The predicted molar refractivity (Wildman–Crippen MR) is 169 cm³/mol. The van der Waals surface area contributed by atoms with Gasteiger partial charge in [0.2, 0.25) is 0 Å². The number of carbonyl (C=O) groups is 2. The van der Waals surface area contributed by atoms with E-state index >= 15 is 0 Å². The summed E-state index contributed by atoms with van der Waals surface area (Å²) in [6.07, 6.45) is 10.3. The average Bonchev–Trinajstić information content (AvgIpc) is 3.25. The van der Waals surface area contributed by atoms with Crippen LogP contribution in [0.3, 0.4) is 0 Å². The molecular formula is C34H45N3O6. The molecule has 0 saturated heterocycles. The van der Waals surface area contributed by atoms with Gasteiger partial charge in [0, 0.05) is 30.9 Å². The summed E-state index contributed by atoms with van der Waals surface area (Å²) in [4.78, 5) is 45.3. The van der Waals surface area contributed by atoms with Gasteiger partial charge in [0.25, 0.3) is 5.69 Å². The Hall–Kier alpha value is -3.88. The van der Waals surface area contributed by atoms with E-state index in [0.29, 0.717) is 29.0 Å². The van der Waals surface area contributed by atoms with Crippen LogP contribution in [-0.2, 0) is 24.7 Å². The zero-order valence-corrected chi connectivity index (χ0v) is 26.5. The quantitative estimate of drug-likeness (QED) is 0.0632. The second kappa shape index (κ2) is 15.5. The van der Waals surface area contributed by atoms with Crippen LogP contribution in [0.5, 0.6) is 0 Å². The molecule has 0 aromatic heterocycles. The van der Waals surface area contributed by atoms with Crippen LogP contribution < -0.4 is 0 Å². The van der Waals surface area contributed by atoms with Crippen LogP contribution in [0, 0.1) is 10.1 Å². The van der Waals surface area contributed by atoms with Crippen molar-refractivity contribution >= 4 is 29.0 Å². The third-order valence-electron chi connectivity index (χ3n) is 8.16. The summed E-state index contributed by atoms with van der Waals surface area (Å²) in [6.45, 7) is 10.7. The topological polar surface area (TPSA) is 120 Å². The van der Waals surface area contributed by atoms with Gasteiger partial charge in [0.05, 0.1) is 21.9 Å². The van der Waals surface area contributed by atoms with Gasteiger partial charge in [-0.3, -0.25) is 10.1 Å². The van der Waals surface area contributed by atoms with Crippen LogP contribution in [0.4, 0.5) is 5.69 Å². The molecule has 0 aliphatic heterocycles. The normalized spacial score (nSPS) is 13.8. The summed E-state index contributed by atoms with van der Waals surface area (Å²) in [5.41, 5.74) is 5.45. The first kappa shape index (κ1) is 33.6. The van der Waals surface area contributed by atoms with Crippen LogP contribution >= 0.6 is 0 Å². The fourth-order valence-electron chi connectivity index (χ4n) is 6.01. The van der Waals surface area contributed by atoms with Crippen molar-refractivity contribution in [3.8, 4) is 11.1 Å². The lowest BCUT2D eigenvalue weighted by Crippen LogP contribution is -2.26. The number of oxime groups is 2. The van der Waals surface area contributed by atoms with Gasteiger partial charge in [0.1, 0.15) is 0 Å². The number of nitro benzene ring substituents is 1. The van der Waals surface area contributed by atoms with Crippen molar-refractivity contribution in [2.75, 3.05) is 0 Å². The van der Waals surface area contributed by atoms with E-state index in [9.17, 15) is 19.7 Å². The molecule has 0 unspecified atom stereocenters. The monoisotopic (exact) mass is 591 g/mol. The second-order valence-corrected chi connectivity index (χ2v) is 11.4. The van der Waals surface area contributed by atoms with Crippen LogP contribution in [0.15, 0.2) is 40.6 Å². The van der Waals surface area contributed by atoms with E-state index < -0.39 is 17.4 Å². The molecule has 43 heavy (non-hydrogen) atoms. The molecular weight excluding hydrogens is 546 g/mol. The number of carbonyl (C=O) groups excluding carboxylic acids is 2. The molecule has 1 aliphatic carbocycles. The summed E-state index contributed by atoms with van der Waals surface area (Å²) in [5.74, 6) is -1.04. The maximum atomic E-state index is 12.6. The lowest BCUT2D eigenvalue weighted by atomic mass is 9.70. The number of hydrogen-bond acceptors (Lipinski definition) is 8. The molecule has 0 bridgehead atoms. The molecule has 0 N–H and O–H groups in total. The highest BCUT2D eigenvalue weighted by atomic mass is 16.7. The first-order valence-corrected chi connectivity index (χ1v) is 15.5. The molecule has 2 aromatic rings. The maximum Gasteiger partial charge on any atom is 0.331 e. The van der Waals surface area contributed by atoms with Gasteiger partial charge in [-0.25, -0.2) is 9.59 Å². The Bertz CT molecular complexity index is 1390. The van der Waals surface area contributed by atoms with Gasteiger partial charge in [-0.15, -0.1) is 0 Å². The van der Waals surface area contributed by atoms with E-state index in [1.807, 2.05) is 18.2 Å². The molecule has 0 spiro atoms. The molecule has 1 aliphatic rings. The Balaban J connectivity index is 2.31. The van der Waals surface area contributed by atoms with E-state index in [2.05, 4.69) is 37.1 Å². The fourth-order valence-corrected chi connectivity index (χ4v) is 6.01. The van der Waals surface area contributed by atoms with Crippen LogP contribution in [0.2, 0.25) is 0 Å².